The van der Waals surface area contributed by atoms with Crippen LogP contribution in [0.5, 0.6) is 0 Å². The number of anilines is 1. The van der Waals surface area contributed by atoms with Crippen molar-refractivity contribution < 1.29 is 4.79 Å². The Morgan fingerprint density at radius 2 is 2.31 bits per heavy atom. The molecule has 6 nitrogen and oxygen atoms in total. The zero-order chi connectivity index (χ0) is 17.8. The maximum Gasteiger partial charge on any atom is 0.220 e. The van der Waals surface area contributed by atoms with E-state index in [0.29, 0.717) is 6.42 Å². The van der Waals surface area contributed by atoms with Crippen LogP contribution in [0.25, 0.3) is 10.2 Å². The van der Waals surface area contributed by atoms with Gasteiger partial charge in [-0.15, -0.1) is 0 Å². The number of aromatic amines is 1. The molecule has 0 unspecified atom stereocenters. The van der Waals surface area contributed by atoms with Crippen LogP contribution in [0.1, 0.15) is 31.2 Å². The van der Waals surface area contributed by atoms with E-state index in [0.717, 1.165) is 55.0 Å². The Balaban J connectivity index is 1.29. The number of para-hydroxylation sites is 1. The van der Waals surface area contributed by atoms with Gasteiger partial charge in [0.25, 0.3) is 0 Å². The van der Waals surface area contributed by atoms with Crippen molar-refractivity contribution in [3.05, 3.63) is 42.2 Å². The maximum atomic E-state index is 12.3. The van der Waals surface area contributed by atoms with Gasteiger partial charge < -0.3 is 10.2 Å². The Bertz CT molecular complexity index is 827. The van der Waals surface area contributed by atoms with E-state index in [1.54, 1.807) is 11.3 Å². The van der Waals surface area contributed by atoms with Gasteiger partial charge in [0.1, 0.15) is 0 Å². The summed E-state index contributed by atoms with van der Waals surface area (Å²) in [5.74, 6) is 0.143. The minimum atomic E-state index is 0.143. The highest BCUT2D eigenvalue weighted by Crippen LogP contribution is 2.30. The lowest BCUT2D eigenvalue weighted by atomic mass is 10.1. The first kappa shape index (κ1) is 17.0. The minimum Gasteiger partial charge on any atom is -0.352 e. The van der Waals surface area contributed by atoms with Gasteiger partial charge in [0, 0.05) is 31.7 Å². The molecule has 1 amide bonds. The molecule has 3 aromatic rings. The smallest absolute Gasteiger partial charge is 0.220 e. The first-order valence-corrected chi connectivity index (χ1v) is 9.97. The Morgan fingerprint density at radius 1 is 1.38 bits per heavy atom. The van der Waals surface area contributed by atoms with E-state index in [4.69, 9.17) is 4.98 Å². The number of nitrogens with one attached hydrogen (secondary N) is 2. The van der Waals surface area contributed by atoms with E-state index < -0.39 is 0 Å². The first-order chi connectivity index (χ1) is 12.8. The topological polar surface area (TPSA) is 73.9 Å². The third-order valence-corrected chi connectivity index (χ3v) is 5.86. The van der Waals surface area contributed by atoms with Crippen LogP contribution in [0.4, 0.5) is 5.13 Å². The molecule has 1 aliphatic rings. The van der Waals surface area contributed by atoms with E-state index in [-0.39, 0.29) is 11.9 Å². The molecule has 1 aromatic carbocycles. The maximum absolute atomic E-state index is 12.3. The van der Waals surface area contributed by atoms with E-state index in [1.807, 2.05) is 24.5 Å². The van der Waals surface area contributed by atoms with Gasteiger partial charge in [-0.25, -0.2) is 4.98 Å². The molecule has 2 aromatic heterocycles. The van der Waals surface area contributed by atoms with Crippen LogP contribution in [0, 0.1) is 0 Å². The summed E-state index contributed by atoms with van der Waals surface area (Å²) in [6.07, 6.45) is 8.10. The molecule has 0 saturated carbocycles. The molecule has 136 valence electrons. The standard InChI is InChI=1S/C19H23N5OS/c25-18(9-3-5-14-11-20-21-12-14)22-15-6-4-10-24(13-15)19-23-16-7-1-2-8-17(16)26-19/h1-2,7-8,11-12,15H,3-6,9-10,13H2,(H,20,21)(H,22,25)/t15-/m0/s1. The summed E-state index contributed by atoms with van der Waals surface area (Å²) >= 11 is 1.73. The molecular formula is C19H23N5OS. The zero-order valence-corrected chi connectivity index (χ0v) is 15.5. The highest BCUT2D eigenvalue weighted by Gasteiger charge is 2.23. The van der Waals surface area contributed by atoms with Crippen molar-refractivity contribution in [2.75, 3.05) is 18.0 Å². The Morgan fingerprint density at radius 3 is 3.15 bits per heavy atom. The van der Waals surface area contributed by atoms with Gasteiger partial charge in [-0.05, 0) is 43.4 Å². The molecular weight excluding hydrogens is 346 g/mol. The lowest BCUT2D eigenvalue weighted by Crippen LogP contribution is -2.47. The molecule has 0 radical (unpaired) electrons. The lowest BCUT2D eigenvalue weighted by Gasteiger charge is -2.33. The van der Waals surface area contributed by atoms with Crippen LogP contribution < -0.4 is 10.2 Å². The monoisotopic (exact) mass is 369 g/mol. The van der Waals surface area contributed by atoms with Gasteiger partial charge in [-0.2, -0.15) is 5.10 Å². The van der Waals surface area contributed by atoms with Crippen molar-refractivity contribution in [1.82, 2.24) is 20.5 Å². The van der Waals surface area contributed by atoms with Gasteiger partial charge in [-0.1, -0.05) is 23.5 Å². The van der Waals surface area contributed by atoms with Crippen LogP contribution in [0.15, 0.2) is 36.7 Å². The highest BCUT2D eigenvalue weighted by atomic mass is 32.1. The second kappa shape index (κ2) is 7.86. The largest absolute Gasteiger partial charge is 0.352 e. The van der Waals surface area contributed by atoms with Crippen molar-refractivity contribution in [2.45, 2.75) is 38.1 Å². The summed E-state index contributed by atoms with van der Waals surface area (Å²) in [5, 5.41) is 11.0. The fourth-order valence-electron chi connectivity index (χ4n) is 3.43. The molecule has 3 heterocycles. The highest BCUT2D eigenvalue weighted by molar-refractivity contribution is 7.22. The Kier molecular flexibility index (Phi) is 5.15. The van der Waals surface area contributed by atoms with Crippen molar-refractivity contribution in [2.24, 2.45) is 0 Å². The lowest BCUT2D eigenvalue weighted by molar-refractivity contribution is -0.121. The number of amides is 1. The summed E-state index contributed by atoms with van der Waals surface area (Å²) in [6, 6.07) is 8.44. The van der Waals surface area contributed by atoms with Crippen molar-refractivity contribution in [3.63, 3.8) is 0 Å². The molecule has 1 fully saturated rings. The summed E-state index contributed by atoms with van der Waals surface area (Å²) in [4.78, 5) is 19.3. The zero-order valence-electron chi connectivity index (χ0n) is 14.6. The molecule has 26 heavy (non-hydrogen) atoms. The Hall–Kier alpha value is -2.41. The van der Waals surface area contributed by atoms with Gasteiger partial charge in [0.2, 0.25) is 5.91 Å². The van der Waals surface area contributed by atoms with Crippen LogP contribution in [0.2, 0.25) is 0 Å². The molecule has 2 N–H and O–H groups in total. The summed E-state index contributed by atoms with van der Waals surface area (Å²) < 4.78 is 1.22. The van der Waals surface area contributed by atoms with Gasteiger partial charge in [0.15, 0.2) is 5.13 Å². The third kappa shape index (κ3) is 4.04. The normalized spacial score (nSPS) is 17.5. The second-order valence-electron chi connectivity index (χ2n) is 6.78. The number of fused-ring (bicyclic) bond motifs is 1. The van der Waals surface area contributed by atoms with Gasteiger partial charge >= 0.3 is 0 Å². The number of nitrogens with zero attached hydrogens (tertiary/aromatic N) is 3. The van der Waals surface area contributed by atoms with Crippen LogP contribution in [0.3, 0.4) is 0 Å². The quantitative estimate of drug-likeness (QED) is 0.700. The van der Waals surface area contributed by atoms with E-state index in [9.17, 15) is 4.79 Å². The van der Waals surface area contributed by atoms with Crippen molar-refractivity contribution >= 4 is 32.6 Å². The summed E-state index contributed by atoms with van der Waals surface area (Å²) in [5.41, 5.74) is 2.20. The van der Waals surface area contributed by atoms with Crippen molar-refractivity contribution in [1.29, 1.82) is 0 Å². The fraction of sp³-hybridized carbons (Fsp3) is 0.421. The number of hydrogen-bond donors (Lipinski definition) is 2. The number of rotatable bonds is 6. The Labute approximate surface area is 156 Å². The fourth-order valence-corrected chi connectivity index (χ4v) is 4.43. The summed E-state index contributed by atoms with van der Waals surface area (Å²) in [6.45, 7) is 1.85. The number of carbonyl (C=O) groups excluding carboxylic acids is 1. The molecule has 7 heteroatoms. The van der Waals surface area contributed by atoms with Crippen LogP contribution >= 0.6 is 11.3 Å². The average Bonchev–Trinajstić information content (AvgIpc) is 3.31. The number of hydrogen-bond acceptors (Lipinski definition) is 5. The number of thiazole rings is 1. The third-order valence-electron chi connectivity index (χ3n) is 4.76. The van der Waals surface area contributed by atoms with Crippen molar-refractivity contribution in [3.8, 4) is 0 Å². The second-order valence-corrected chi connectivity index (χ2v) is 7.79. The average molecular weight is 369 g/mol. The molecule has 4 rings (SSSR count). The van der Waals surface area contributed by atoms with Crippen LogP contribution in [-0.2, 0) is 11.2 Å². The number of aryl methyl sites for hydroxylation is 1. The predicted octanol–water partition coefficient (Wildman–Crippen LogP) is 3.13. The van der Waals surface area contributed by atoms with Gasteiger partial charge in [0.05, 0.1) is 16.4 Å². The van der Waals surface area contributed by atoms with E-state index >= 15 is 0 Å². The molecule has 0 spiro atoms. The predicted molar refractivity (Wildman–Crippen MR) is 105 cm³/mol. The van der Waals surface area contributed by atoms with E-state index in [2.05, 4.69) is 32.5 Å². The number of aromatic nitrogens is 3. The SMILES string of the molecule is O=C(CCCc1cn[nH]c1)N[C@H]1CCCN(c2nc3ccccc3s2)C1. The number of carbonyl (C=O) groups is 1. The van der Waals surface area contributed by atoms with Crippen LogP contribution in [-0.4, -0.2) is 40.2 Å². The summed E-state index contributed by atoms with van der Waals surface area (Å²) in [7, 11) is 0. The molecule has 1 saturated heterocycles. The molecule has 0 aliphatic carbocycles. The number of H-pyrrole nitrogens is 1. The number of benzene rings is 1. The molecule has 0 bridgehead atoms. The molecule has 1 atom stereocenters. The first-order valence-electron chi connectivity index (χ1n) is 9.15. The molecule has 1 aliphatic heterocycles. The van der Waals surface area contributed by atoms with Gasteiger partial charge in [-0.3, -0.25) is 9.89 Å². The van der Waals surface area contributed by atoms with E-state index in [1.165, 1.54) is 4.70 Å². The number of piperidine rings is 1. The minimum absolute atomic E-state index is 0.143.